The van der Waals surface area contributed by atoms with Gasteiger partial charge >= 0.3 is 6.09 Å². The van der Waals surface area contributed by atoms with Crippen molar-refractivity contribution in [1.82, 2.24) is 40.3 Å². The molecule has 1 atom stereocenters. The van der Waals surface area contributed by atoms with E-state index in [9.17, 15) is 18.7 Å². The zero-order valence-electron chi connectivity index (χ0n) is 20.4. The van der Waals surface area contributed by atoms with E-state index in [2.05, 4.69) is 30.7 Å². The number of hydrogen-bond donors (Lipinski definition) is 1. The summed E-state index contributed by atoms with van der Waals surface area (Å²) in [5.41, 5.74) is 1.73. The normalized spacial score (nSPS) is 15.8. The van der Waals surface area contributed by atoms with E-state index in [1.54, 1.807) is 38.1 Å². The molecule has 1 amide bonds. The third-order valence-corrected chi connectivity index (χ3v) is 6.11. The highest BCUT2D eigenvalue weighted by Crippen LogP contribution is 2.28. The Morgan fingerprint density at radius 3 is 2.50 bits per heavy atom. The molecule has 1 N–H and O–H groups in total. The molecule has 4 aromatic rings. The van der Waals surface area contributed by atoms with Crippen molar-refractivity contribution in [3.05, 3.63) is 65.1 Å². The monoisotopic (exact) mass is 527 g/mol. The third-order valence-electron chi connectivity index (χ3n) is 6.11. The van der Waals surface area contributed by atoms with Crippen molar-refractivity contribution in [1.29, 1.82) is 0 Å². The van der Waals surface area contributed by atoms with Gasteiger partial charge in [-0.25, -0.2) is 18.3 Å². The Kier molecular flexibility index (Phi) is 6.81. The van der Waals surface area contributed by atoms with E-state index in [4.69, 9.17) is 9.15 Å². The number of benzene rings is 1. The van der Waals surface area contributed by atoms with E-state index >= 15 is 0 Å². The molecule has 1 fully saturated rings. The molecule has 13 nitrogen and oxygen atoms in total. The smallest absolute Gasteiger partial charge is 0.408 e. The number of nitrogens with zero attached hydrogens (tertiary/aromatic N) is 9. The van der Waals surface area contributed by atoms with Crippen LogP contribution in [0.1, 0.15) is 41.2 Å². The number of piperazine rings is 1. The number of aryl methyl sites for hydroxylation is 2. The van der Waals surface area contributed by atoms with Crippen molar-refractivity contribution in [2.24, 2.45) is 0 Å². The van der Waals surface area contributed by atoms with Crippen molar-refractivity contribution in [2.75, 3.05) is 24.5 Å². The van der Waals surface area contributed by atoms with Crippen LogP contribution in [0.15, 0.2) is 40.8 Å². The first-order valence-electron chi connectivity index (χ1n) is 11.6. The number of rotatable bonds is 7. The summed E-state index contributed by atoms with van der Waals surface area (Å²) in [6.07, 6.45) is -3.63. The van der Waals surface area contributed by atoms with Gasteiger partial charge in [0.15, 0.2) is 5.82 Å². The molecular weight excluding hydrogens is 504 g/mol. The summed E-state index contributed by atoms with van der Waals surface area (Å²) in [7, 11) is 0. The minimum atomic E-state index is -2.55. The number of ether oxygens (including phenoxy) is 1. The van der Waals surface area contributed by atoms with Gasteiger partial charge in [0.25, 0.3) is 6.43 Å². The van der Waals surface area contributed by atoms with E-state index in [0.717, 1.165) is 0 Å². The predicted octanol–water partition coefficient (Wildman–Crippen LogP) is 3.12. The molecule has 198 valence electrons. The van der Waals surface area contributed by atoms with Gasteiger partial charge in [-0.1, -0.05) is 17.3 Å². The van der Waals surface area contributed by atoms with Gasteiger partial charge in [-0.2, -0.15) is 0 Å². The van der Waals surface area contributed by atoms with Crippen LogP contribution in [0.25, 0.3) is 5.69 Å². The Bertz CT molecular complexity index is 1410. The molecule has 1 saturated heterocycles. The lowest BCUT2D eigenvalue weighted by Crippen LogP contribution is -2.50. The van der Waals surface area contributed by atoms with Crippen molar-refractivity contribution >= 4 is 11.9 Å². The summed E-state index contributed by atoms with van der Waals surface area (Å²) in [5, 5.41) is 33.9. The zero-order valence-corrected chi connectivity index (χ0v) is 20.4. The van der Waals surface area contributed by atoms with Crippen LogP contribution in [0.2, 0.25) is 0 Å². The minimum Gasteiger partial charge on any atom is -0.470 e. The topological polar surface area (TPSA) is 148 Å². The van der Waals surface area contributed by atoms with E-state index in [-0.39, 0.29) is 37.0 Å². The molecule has 0 aliphatic carbocycles. The quantitative estimate of drug-likeness (QED) is 0.378. The molecule has 15 heteroatoms. The number of hydrogen-bond acceptors (Lipinski definition) is 10. The summed E-state index contributed by atoms with van der Waals surface area (Å²) >= 11 is 0. The number of halogens is 2. The maximum Gasteiger partial charge on any atom is 0.408 e. The van der Waals surface area contributed by atoms with Crippen LogP contribution >= 0.6 is 0 Å². The first kappa shape index (κ1) is 25.0. The summed E-state index contributed by atoms with van der Waals surface area (Å²) in [6, 6.07) is 8.49. The Morgan fingerprint density at radius 2 is 1.87 bits per heavy atom. The van der Waals surface area contributed by atoms with Crippen molar-refractivity contribution < 1.29 is 27.8 Å². The second-order valence-electron chi connectivity index (χ2n) is 8.54. The van der Waals surface area contributed by atoms with Gasteiger partial charge in [0.1, 0.15) is 18.3 Å². The Balaban J connectivity index is 1.27. The lowest BCUT2D eigenvalue weighted by Gasteiger charge is -2.38. The molecule has 1 aliphatic rings. The number of carbonyl (C=O) groups is 1. The van der Waals surface area contributed by atoms with Gasteiger partial charge in [-0.05, 0) is 25.1 Å². The van der Waals surface area contributed by atoms with Crippen molar-refractivity contribution in [3.8, 4) is 11.6 Å². The summed E-state index contributed by atoms with van der Waals surface area (Å²) in [6.45, 7) is 4.36. The number of anilines is 1. The SMILES string of the molecule is Cc1nnc(C2CN(c3ccc(OCc4c(C)nnn4-c4ccc(C(F)F)cc4)nn3)CCN2C(=O)O)o1. The first-order valence-corrected chi connectivity index (χ1v) is 11.6. The molecule has 4 heterocycles. The highest BCUT2D eigenvalue weighted by molar-refractivity contribution is 5.66. The molecule has 0 spiro atoms. The van der Waals surface area contributed by atoms with Crippen LogP contribution in [0.3, 0.4) is 0 Å². The van der Waals surface area contributed by atoms with Gasteiger partial charge in [0, 0.05) is 38.2 Å². The largest absolute Gasteiger partial charge is 0.470 e. The van der Waals surface area contributed by atoms with Gasteiger partial charge in [-0.15, -0.1) is 25.5 Å². The fourth-order valence-electron chi connectivity index (χ4n) is 4.09. The van der Waals surface area contributed by atoms with Crippen LogP contribution in [-0.2, 0) is 6.61 Å². The molecular formula is C23H23F2N9O4. The molecule has 0 bridgehead atoms. The third kappa shape index (κ3) is 5.07. The minimum absolute atomic E-state index is 0.0688. The van der Waals surface area contributed by atoms with Crippen LogP contribution in [-0.4, -0.2) is 71.1 Å². The Labute approximate surface area is 214 Å². The van der Waals surface area contributed by atoms with E-state index in [0.29, 0.717) is 35.3 Å². The molecule has 0 saturated carbocycles. The highest BCUT2D eigenvalue weighted by Gasteiger charge is 2.35. The van der Waals surface area contributed by atoms with Crippen LogP contribution in [0.5, 0.6) is 5.88 Å². The zero-order chi connectivity index (χ0) is 26.8. The van der Waals surface area contributed by atoms with Crippen LogP contribution in [0, 0.1) is 13.8 Å². The highest BCUT2D eigenvalue weighted by atomic mass is 19.3. The van der Waals surface area contributed by atoms with Crippen LogP contribution in [0.4, 0.5) is 19.4 Å². The standard InChI is InChI=1S/C23H23F2N9O4/c1-13-18(34(31-26-13)16-5-3-15(4-6-16)21(24)25)12-37-20-8-7-19(28-29-20)32-9-10-33(23(35)36)17(11-32)22-30-27-14(2)38-22/h3-8,17,21H,9-12H2,1-2H3,(H,35,36). The molecule has 1 unspecified atom stereocenters. The Morgan fingerprint density at radius 1 is 1.08 bits per heavy atom. The Hall–Kier alpha value is -4.69. The maximum absolute atomic E-state index is 12.9. The second kappa shape index (κ2) is 10.4. The average Bonchev–Trinajstić information content (AvgIpc) is 3.52. The predicted molar refractivity (Wildman–Crippen MR) is 126 cm³/mol. The molecule has 5 rings (SSSR count). The second-order valence-corrected chi connectivity index (χ2v) is 8.54. The van der Waals surface area contributed by atoms with Gasteiger partial charge in [0.2, 0.25) is 17.7 Å². The van der Waals surface area contributed by atoms with Crippen molar-refractivity contribution in [2.45, 2.75) is 32.9 Å². The van der Waals surface area contributed by atoms with Gasteiger partial charge in [0.05, 0.1) is 11.4 Å². The lowest BCUT2D eigenvalue weighted by molar-refractivity contribution is 0.108. The van der Waals surface area contributed by atoms with E-state index < -0.39 is 18.6 Å². The first-order chi connectivity index (χ1) is 18.3. The summed E-state index contributed by atoms with van der Waals surface area (Å²) < 4.78 is 38.6. The molecule has 0 radical (unpaired) electrons. The maximum atomic E-state index is 12.9. The fraction of sp³-hybridized carbons (Fsp3) is 0.348. The van der Waals surface area contributed by atoms with Gasteiger partial charge < -0.3 is 19.2 Å². The summed E-state index contributed by atoms with van der Waals surface area (Å²) in [4.78, 5) is 14.9. The summed E-state index contributed by atoms with van der Waals surface area (Å²) in [5.74, 6) is 1.35. The van der Waals surface area contributed by atoms with Crippen LogP contribution < -0.4 is 9.64 Å². The molecule has 3 aromatic heterocycles. The van der Waals surface area contributed by atoms with Crippen molar-refractivity contribution in [3.63, 3.8) is 0 Å². The number of alkyl halides is 2. The molecule has 38 heavy (non-hydrogen) atoms. The molecule has 1 aromatic carbocycles. The average molecular weight is 527 g/mol. The number of amides is 1. The van der Waals surface area contributed by atoms with Gasteiger partial charge in [-0.3, -0.25) is 4.90 Å². The lowest BCUT2D eigenvalue weighted by atomic mass is 10.1. The molecule has 1 aliphatic heterocycles. The number of carboxylic acid groups (broad SMARTS) is 1. The van der Waals surface area contributed by atoms with E-state index in [1.807, 2.05) is 4.90 Å². The fourth-order valence-corrected chi connectivity index (χ4v) is 4.09. The number of aromatic nitrogens is 7. The van der Waals surface area contributed by atoms with E-state index in [1.165, 1.54) is 21.7 Å².